The second-order valence-corrected chi connectivity index (χ2v) is 8.74. The number of primary amides is 2. The molecule has 0 aromatic carbocycles. The first kappa shape index (κ1) is 30.1. The Morgan fingerprint density at radius 1 is 0.848 bits per heavy atom. The Kier molecular flexibility index (Phi) is 13.7. The molecule has 0 radical (unpaired) electrons. The summed E-state index contributed by atoms with van der Waals surface area (Å²) in [6.45, 7) is 3.34. The summed E-state index contributed by atoms with van der Waals surface area (Å²) in [6, 6.07) is -4.87. The van der Waals surface area contributed by atoms with Crippen molar-refractivity contribution < 1.29 is 33.9 Å². The van der Waals surface area contributed by atoms with E-state index in [9.17, 15) is 33.9 Å². The van der Waals surface area contributed by atoms with Crippen LogP contribution in [0, 0.1) is 5.92 Å². The van der Waals surface area contributed by atoms with E-state index in [1.807, 2.05) is 6.26 Å². The number of carboxylic acid groups (broad SMARTS) is 1. The predicted octanol–water partition coefficient (Wildman–Crippen LogP) is -2.60. The molecule has 0 saturated carbocycles. The molecule has 10 N–H and O–H groups in total. The number of carbonyl (C=O) groups is 6. The summed E-state index contributed by atoms with van der Waals surface area (Å²) in [5.41, 5.74) is 16.0. The van der Waals surface area contributed by atoms with Crippen molar-refractivity contribution in [2.75, 3.05) is 12.0 Å². The van der Waals surface area contributed by atoms with Gasteiger partial charge in [-0.3, -0.25) is 24.0 Å². The number of nitrogens with two attached hydrogens (primary N) is 3. The molecule has 0 bridgehead atoms. The van der Waals surface area contributed by atoms with Gasteiger partial charge in [-0.15, -0.1) is 0 Å². The molecule has 0 aliphatic heterocycles. The number of carboxylic acids is 1. The number of carbonyl (C=O) groups excluding carboxylic acids is 5. The molecule has 4 unspecified atom stereocenters. The zero-order valence-corrected chi connectivity index (χ0v) is 19.8. The van der Waals surface area contributed by atoms with Gasteiger partial charge in [0.2, 0.25) is 29.5 Å². The van der Waals surface area contributed by atoms with Gasteiger partial charge in [-0.25, -0.2) is 4.79 Å². The van der Waals surface area contributed by atoms with Crippen molar-refractivity contribution in [2.45, 2.75) is 63.7 Å². The lowest BCUT2D eigenvalue weighted by Gasteiger charge is -2.26. The summed E-state index contributed by atoms with van der Waals surface area (Å²) in [5.74, 6) is -5.17. The van der Waals surface area contributed by atoms with Crippen molar-refractivity contribution in [1.29, 1.82) is 0 Å². The van der Waals surface area contributed by atoms with Crippen LogP contribution in [0.4, 0.5) is 0 Å². The molecule has 0 heterocycles. The van der Waals surface area contributed by atoms with Crippen LogP contribution < -0.4 is 33.2 Å². The summed E-state index contributed by atoms with van der Waals surface area (Å²) < 4.78 is 0. The third-order valence-electron chi connectivity index (χ3n) is 4.55. The van der Waals surface area contributed by atoms with Crippen LogP contribution in [0.3, 0.4) is 0 Å². The van der Waals surface area contributed by atoms with Crippen molar-refractivity contribution in [1.82, 2.24) is 16.0 Å². The number of aliphatic carboxylic acids is 1. The van der Waals surface area contributed by atoms with Gasteiger partial charge in [0.25, 0.3) is 0 Å². The van der Waals surface area contributed by atoms with Gasteiger partial charge in [0.05, 0.1) is 12.5 Å². The van der Waals surface area contributed by atoms with Crippen molar-refractivity contribution in [2.24, 2.45) is 23.1 Å². The lowest BCUT2D eigenvalue weighted by molar-refractivity contribution is -0.144. The maximum absolute atomic E-state index is 12.9. The highest BCUT2D eigenvalue weighted by molar-refractivity contribution is 7.98. The van der Waals surface area contributed by atoms with Crippen molar-refractivity contribution >= 4 is 47.3 Å². The highest BCUT2D eigenvalue weighted by atomic mass is 32.2. The molecule has 13 nitrogen and oxygen atoms in total. The Hall–Kier alpha value is -2.87. The molecule has 0 saturated heterocycles. The van der Waals surface area contributed by atoms with Crippen molar-refractivity contribution in [3.8, 4) is 0 Å². The molecule has 0 fully saturated rings. The van der Waals surface area contributed by atoms with Crippen LogP contribution in [0.1, 0.15) is 39.5 Å². The fourth-order valence-corrected chi connectivity index (χ4v) is 3.15. The Bertz CT molecular complexity index is 733. The number of hydrogen-bond donors (Lipinski definition) is 7. The van der Waals surface area contributed by atoms with Gasteiger partial charge in [0.15, 0.2) is 0 Å². The third kappa shape index (κ3) is 12.1. The van der Waals surface area contributed by atoms with E-state index in [0.29, 0.717) is 12.2 Å². The van der Waals surface area contributed by atoms with E-state index < -0.39 is 66.1 Å². The normalized spacial score (nSPS) is 14.5. The summed E-state index contributed by atoms with van der Waals surface area (Å²) in [5, 5.41) is 16.3. The minimum atomic E-state index is -1.63. The van der Waals surface area contributed by atoms with Crippen LogP contribution in [-0.4, -0.2) is 76.8 Å². The molecule has 0 aromatic heterocycles. The lowest BCUT2D eigenvalue weighted by Crippen LogP contribution is -2.58. The average molecular weight is 491 g/mol. The molecule has 0 aliphatic carbocycles. The van der Waals surface area contributed by atoms with Crippen molar-refractivity contribution in [3.63, 3.8) is 0 Å². The van der Waals surface area contributed by atoms with E-state index in [0.717, 1.165) is 0 Å². The Morgan fingerprint density at radius 3 is 1.88 bits per heavy atom. The maximum atomic E-state index is 12.9. The van der Waals surface area contributed by atoms with Crippen LogP contribution in [0.5, 0.6) is 0 Å². The van der Waals surface area contributed by atoms with E-state index in [1.165, 1.54) is 11.8 Å². The predicted molar refractivity (Wildman–Crippen MR) is 121 cm³/mol. The molecule has 0 rings (SSSR count). The monoisotopic (exact) mass is 490 g/mol. The topological polar surface area (TPSA) is 237 Å². The van der Waals surface area contributed by atoms with Crippen LogP contribution in [0.2, 0.25) is 0 Å². The van der Waals surface area contributed by atoms with Crippen LogP contribution in [0.15, 0.2) is 0 Å². The summed E-state index contributed by atoms with van der Waals surface area (Å²) in [6.07, 6.45) is 1.08. The quantitative estimate of drug-likeness (QED) is 0.120. The van der Waals surface area contributed by atoms with Gasteiger partial charge >= 0.3 is 5.97 Å². The largest absolute Gasteiger partial charge is 0.480 e. The number of hydrogen-bond acceptors (Lipinski definition) is 8. The number of amides is 5. The Balaban J connectivity index is 5.47. The molecule has 4 atom stereocenters. The number of rotatable bonds is 16. The van der Waals surface area contributed by atoms with E-state index in [1.54, 1.807) is 13.8 Å². The lowest BCUT2D eigenvalue weighted by atomic mass is 10.0. The summed E-state index contributed by atoms with van der Waals surface area (Å²) in [4.78, 5) is 71.4. The van der Waals surface area contributed by atoms with Crippen molar-refractivity contribution in [3.05, 3.63) is 0 Å². The first-order valence-electron chi connectivity index (χ1n) is 10.2. The first-order chi connectivity index (χ1) is 15.3. The highest BCUT2D eigenvalue weighted by Crippen LogP contribution is 2.07. The van der Waals surface area contributed by atoms with Gasteiger partial charge < -0.3 is 38.3 Å². The SMILES string of the molecule is CSCCC(N)C(=O)NC(C(=O)NC(CCC(N)=O)C(=O)NC(CC(N)=O)C(=O)O)C(C)C. The first-order valence-corrected chi connectivity index (χ1v) is 11.6. The van der Waals surface area contributed by atoms with Gasteiger partial charge in [-0.05, 0) is 30.8 Å². The van der Waals surface area contributed by atoms with E-state index in [4.69, 9.17) is 17.2 Å². The van der Waals surface area contributed by atoms with Crippen LogP contribution in [0.25, 0.3) is 0 Å². The maximum Gasteiger partial charge on any atom is 0.326 e. The molecular formula is C19H34N6O7S. The Morgan fingerprint density at radius 2 is 1.42 bits per heavy atom. The second kappa shape index (κ2) is 15.1. The smallest absolute Gasteiger partial charge is 0.326 e. The molecular weight excluding hydrogens is 456 g/mol. The molecule has 0 aromatic rings. The minimum Gasteiger partial charge on any atom is -0.480 e. The molecule has 0 spiro atoms. The minimum absolute atomic E-state index is 0.234. The van der Waals surface area contributed by atoms with Crippen LogP contribution in [-0.2, 0) is 28.8 Å². The molecule has 14 heteroatoms. The average Bonchev–Trinajstić information content (AvgIpc) is 2.71. The van der Waals surface area contributed by atoms with Gasteiger partial charge in [0, 0.05) is 6.42 Å². The standard InChI is InChI=1S/C19H34N6O7S/c1-9(2)15(25-16(28)10(20)6-7-33-3)18(30)23-11(4-5-13(21)26)17(29)24-12(19(31)32)8-14(22)27/h9-12,15H,4-8,20H2,1-3H3,(H2,21,26)(H2,22,27)(H,23,30)(H,24,29)(H,25,28)(H,31,32). The van der Waals surface area contributed by atoms with E-state index >= 15 is 0 Å². The Labute approximate surface area is 196 Å². The zero-order chi connectivity index (χ0) is 25.7. The van der Waals surface area contributed by atoms with Gasteiger partial charge in [-0.1, -0.05) is 13.8 Å². The third-order valence-corrected chi connectivity index (χ3v) is 5.19. The van der Waals surface area contributed by atoms with Gasteiger partial charge in [0.1, 0.15) is 18.1 Å². The number of nitrogens with one attached hydrogen (secondary N) is 3. The van der Waals surface area contributed by atoms with Gasteiger partial charge in [-0.2, -0.15) is 11.8 Å². The zero-order valence-electron chi connectivity index (χ0n) is 19.0. The summed E-state index contributed by atoms with van der Waals surface area (Å²) in [7, 11) is 0. The molecule has 0 aliphatic rings. The summed E-state index contributed by atoms with van der Waals surface area (Å²) >= 11 is 1.52. The highest BCUT2D eigenvalue weighted by Gasteiger charge is 2.32. The van der Waals surface area contributed by atoms with Crippen LogP contribution >= 0.6 is 11.8 Å². The molecule has 188 valence electrons. The number of thioether (sulfide) groups is 1. The molecule has 5 amide bonds. The second-order valence-electron chi connectivity index (χ2n) is 7.75. The van der Waals surface area contributed by atoms with E-state index in [-0.39, 0.29) is 18.8 Å². The van der Waals surface area contributed by atoms with E-state index in [2.05, 4.69) is 16.0 Å². The molecule has 33 heavy (non-hydrogen) atoms. The fourth-order valence-electron chi connectivity index (χ4n) is 2.66. The fraction of sp³-hybridized carbons (Fsp3) is 0.684.